The predicted octanol–water partition coefficient (Wildman–Crippen LogP) is 4.80. The van der Waals surface area contributed by atoms with Gasteiger partial charge in [-0.15, -0.1) is 0 Å². The van der Waals surface area contributed by atoms with Crippen molar-refractivity contribution in [2.24, 2.45) is 5.41 Å². The molecule has 1 aliphatic rings. The Hall–Kier alpha value is -2.60. The van der Waals surface area contributed by atoms with Crippen molar-refractivity contribution in [1.82, 2.24) is 4.98 Å². The van der Waals surface area contributed by atoms with E-state index in [1.54, 1.807) is 0 Å². The normalized spacial score (nSPS) is 16.0. The molecule has 1 fully saturated rings. The summed E-state index contributed by atoms with van der Waals surface area (Å²) in [6, 6.07) is 15.1. The lowest BCUT2D eigenvalue weighted by atomic mass is 9.72. The Kier molecular flexibility index (Phi) is 4.52. The van der Waals surface area contributed by atoms with Gasteiger partial charge in [-0.1, -0.05) is 55.9 Å². The number of anilines is 1. The molecule has 27 heavy (non-hydrogen) atoms. The van der Waals surface area contributed by atoms with E-state index in [-0.39, 0.29) is 11.8 Å². The third-order valence-corrected chi connectivity index (χ3v) is 6.17. The first-order chi connectivity index (χ1) is 13.1. The maximum absolute atomic E-state index is 12.8. The van der Waals surface area contributed by atoms with E-state index in [9.17, 15) is 9.59 Å². The van der Waals surface area contributed by atoms with Crippen LogP contribution in [0.1, 0.15) is 32.3 Å². The van der Waals surface area contributed by atoms with Crippen molar-refractivity contribution in [3.8, 4) is 0 Å². The second kappa shape index (κ2) is 6.85. The maximum atomic E-state index is 12.8. The molecule has 0 unspecified atom stereocenters. The molecule has 3 aromatic rings. The third-order valence-electron chi connectivity index (χ3n) is 5.29. The Morgan fingerprint density at radius 2 is 1.67 bits per heavy atom. The fraction of sp³-hybridized carbons (Fsp3) is 0.286. The first-order valence-corrected chi connectivity index (χ1v) is 10.0. The van der Waals surface area contributed by atoms with Gasteiger partial charge in [0.15, 0.2) is 5.58 Å². The summed E-state index contributed by atoms with van der Waals surface area (Å²) in [5.74, 6) is 0.360. The van der Waals surface area contributed by atoms with Gasteiger partial charge in [-0.05, 0) is 36.6 Å². The Morgan fingerprint density at radius 1 is 1.00 bits per heavy atom. The minimum atomic E-state index is -0.847. The largest absolute Gasteiger partial charge is 0.431 e. The molecule has 1 aliphatic heterocycles. The molecule has 0 saturated carbocycles. The summed E-state index contributed by atoms with van der Waals surface area (Å²) in [5.41, 5.74) is 2.29. The molecule has 4 rings (SSSR count). The number of aromatic nitrogens is 1. The van der Waals surface area contributed by atoms with Crippen molar-refractivity contribution < 1.29 is 14.0 Å². The van der Waals surface area contributed by atoms with Crippen LogP contribution in [0.15, 0.2) is 58.2 Å². The first kappa shape index (κ1) is 17.8. The number of benzene rings is 2. The predicted molar refractivity (Wildman–Crippen MR) is 106 cm³/mol. The fourth-order valence-electron chi connectivity index (χ4n) is 3.54. The number of hydrogen-bond acceptors (Lipinski definition) is 5. The van der Waals surface area contributed by atoms with Crippen molar-refractivity contribution in [3.63, 3.8) is 0 Å². The van der Waals surface area contributed by atoms with Gasteiger partial charge >= 0.3 is 0 Å². The Balaban J connectivity index is 1.57. The van der Waals surface area contributed by atoms with Crippen LogP contribution < -0.4 is 4.90 Å². The van der Waals surface area contributed by atoms with Crippen LogP contribution in [0.3, 0.4) is 0 Å². The van der Waals surface area contributed by atoms with E-state index < -0.39 is 5.41 Å². The first-order valence-electron chi connectivity index (χ1n) is 9.06. The summed E-state index contributed by atoms with van der Waals surface area (Å²) in [6.07, 6.45) is 1.08. The van der Waals surface area contributed by atoms with Gasteiger partial charge in [0.2, 0.25) is 11.8 Å². The van der Waals surface area contributed by atoms with Gasteiger partial charge in [0.05, 0.1) is 5.69 Å². The number of nitrogens with zero attached hydrogens (tertiary/aromatic N) is 2. The number of para-hydroxylation sites is 3. The molecule has 0 N–H and O–H groups in total. The summed E-state index contributed by atoms with van der Waals surface area (Å²) in [4.78, 5) is 31.3. The number of hydrogen-bond donors (Lipinski definition) is 0. The van der Waals surface area contributed by atoms with Gasteiger partial charge in [0, 0.05) is 5.75 Å². The molecule has 2 amide bonds. The fourth-order valence-corrected chi connectivity index (χ4v) is 4.37. The molecule has 6 heteroatoms. The van der Waals surface area contributed by atoms with Gasteiger partial charge in [-0.3, -0.25) is 9.59 Å². The van der Waals surface area contributed by atoms with E-state index >= 15 is 0 Å². The van der Waals surface area contributed by atoms with E-state index in [0.29, 0.717) is 29.5 Å². The molecule has 0 bridgehead atoms. The van der Waals surface area contributed by atoms with Crippen molar-refractivity contribution in [2.75, 3.05) is 4.90 Å². The quantitative estimate of drug-likeness (QED) is 0.349. The summed E-state index contributed by atoms with van der Waals surface area (Å²) >= 11 is 1.45. The molecule has 1 aromatic heterocycles. The van der Waals surface area contributed by atoms with Crippen molar-refractivity contribution in [1.29, 1.82) is 0 Å². The molecular weight excluding hydrogens is 360 g/mol. The lowest BCUT2D eigenvalue weighted by molar-refractivity contribution is -0.153. The van der Waals surface area contributed by atoms with Gasteiger partial charge in [-0.25, -0.2) is 9.88 Å². The summed E-state index contributed by atoms with van der Waals surface area (Å²) in [6.45, 7) is 3.79. The lowest BCUT2D eigenvalue weighted by Gasteiger charge is -2.46. The average molecular weight is 380 g/mol. The average Bonchev–Trinajstić information content (AvgIpc) is 3.12. The molecule has 1 saturated heterocycles. The number of amides is 2. The molecule has 2 heterocycles. The molecule has 138 valence electrons. The highest BCUT2D eigenvalue weighted by atomic mass is 32.2. The van der Waals surface area contributed by atoms with E-state index in [0.717, 1.165) is 16.7 Å². The van der Waals surface area contributed by atoms with Crippen LogP contribution in [-0.4, -0.2) is 16.8 Å². The molecule has 5 nitrogen and oxygen atoms in total. The van der Waals surface area contributed by atoms with E-state index in [1.165, 1.54) is 16.7 Å². The van der Waals surface area contributed by atoms with Crippen molar-refractivity contribution >= 4 is 40.4 Å². The van der Waals surface area contributed by atoms with E-state index in [4.69, 9.17) is 4.42 Å². The number of fused-ring (bicyclic) bond motifs is 1. The number of thioether (sulfide) groups is 1. The zero-order valence-corrected chi connectivity index (χ0v) is 16.1. The number of carbonyl (C=O) groups is 2. The minimum Gasteiger partial charge on any atom is -0.431 e. The van der Waals surface area contributed by atoms with Crippen LogP contribution in [0.5, 0.6) is 0 Å². The van der Waals surface area contributed by atoms with Crippen LogP contribution in [0.25, 0.3) is 11.1 Å². The SMILES string of the molecule is CCC1(CC)C(=O)N(c2ccccc2CSc2nc3ccccc3o2)C1=O. The number of imide groups is 1. The van der Waals surface area contributed by atoms with Crippen LogP contribution in [0.2, 0.25) is 0 Å². The van der Waals surface area contributed by atoms with Crippen molar-refractivity contribution in [3.05, 3.63) is 54.1 Å². The van der Waals surface area contributed by atoms with Crippen LogP contribution in [-0.2, 0) is 15.3 Å². The topological polar surface area (TPSA) is 63.4 Å². The van der Waals surface area contributed by atoms with Gasteiger partial charge < -0.3 is 4.42 Å². The highest BCUT2D eigenvalue weighted by Crippen LogP contribution is 2.44. The second-order valence-electron chi connectivity index (χ2n) is 6.60. The third kappa shape index (κ3) is 2.75. The molecule has 0 spiro atoms. The Labute approximate surface area is 161 Å². The summed E-state index contributed by atoms with van der Waals surface area (Å²) < 4.78 is 5.74. The van der Waals surface area contributed by atoms with Crippen molar-refractivity contribution in [2.45, 2.75) is 37.7 Å². The van der Waals surface area contributed by atoms with Crippen LogP contribution in [0, 0.1) is 5.41 Å². The van der Waals surface area contributed by atoms with Gasteiger partial charge in [0.25, 0.3) is 5.22 Å². The summed E-state index contributed by atoms with van der Waals surface area (Å²) in [7, 11) is 0. The zero-order valence-electron chi connectivity index (χ0n) is 15.3. The number of rotatable bonds is 6. The lowest BCUT2D eigenvalue weighted by Crippen LogP contribution is -2.66. The minimum absolute atomic E-state index is 0.100. The number of carbonyl (C=O) groups excluding carboxylic acids is 2. The molecule has 0 aliphatic carbocycles. The highest BCUT2D eigenvalue weighted by molar-refractivity contribution is 7.98. The number of oxazole rings is 1. The second-order valence-corrected chi connectivity index (χ2v) is 7.53. The highest BCUT2D eigenvalue weighted by Gasteiger charge is 2.59. The van der Waals surface area contributed by atoms with E-state index in [1.807, 2.05) is 62.4 Å². The zero-order chi connectivity index (χ0) is 19.0. The molecule has 0 radical (unpaired) electrons. The van der Waals surface area contributed by atoms with Gasteiger partial charge in [0.1, 0.15) is 10.9 Å². The van der Waals surface area contributed by atoms with Gasteiger partial charge in [-0.2, -0.15) is 0 Å². The van der Waals surface area contributed by atoms with Crippen LogP contribution >= 0.6 is 11.8 Å². The maximum Gasteiger partial charge on any atom is 0.257 e. The molecule has 2 aromatic carbocycles. The molecule has 0 atom stereocenters. The summed E-state index contributed by atoms with van der Waals surface area (Å²) in [5, 5.41) is 0.573. The van der Waals surface area contributed by atoms with E-state index in [2.05, 4.69) is 4.98 Å². The Bertz CT molecular complexity index is 972. The Morgan fingerprint density at radius 3 is 2.37 bits per heavy atom. The van der Waals surface area contributed by atoms with Crippen LogP contribution in [0.4, 0.5) is 5.69 Å². The standard InChI is InChI=1S/C21H20N2O3S/c1-3-21(4-2)18(24)23(19(21)25)16-11-7-5-9-14(16)13-27-20-22-15-10-6-8-12-17(15)26-20/h5-12H,3-4,13H2,1-2H3. The smallest absolute Gasteiger partial charge is 0.257 e. The monoisotopic (exact) mass is 380 g/mol. The molecular formula is C21H20N2O3S. The number of β-lactam (4-membered cyclic amide) rings is 2.